The highest BCUT2D eigenvalue weighted by molar-refractivity contribution is 6.33. The Hall–Kier alpha value is -2.18. The quantitative estimate of drug-likeness (QED) is 0.733. The number of aromatic nitrogens is 2. The van der Waals surface area contributed by atoms with Gasteiger partial charge in [0, 0.05) is 25.7 Å². The zero-order valence-electron chi connectivity index (χ0n) is 13.7. The summed E-state index contributed by atoms with van der Waals surface area (Å²) >= 11 is 6.12. The number of benzene rings is 1. The lowest BCUT2D eigenvalue weighted by Gasteiger charge is -2.10. The number of amides is 1. The van der Waals surface area contributed by atoms with Crippen LogP contribution < -0.4 is 16.0 Å². The fraction of sp³-hybridized carbons (Fsp3) is 0.389. The van der Waals surface area contributed by atoms with E-state index in [1.165, 1.54) is 11.8 Å². The minimum absolute atomic E-state index is 0.224. The molecule has 0 radical (unpaired) electrons. The number of fused-ring (bicyclic) bond motifs is 1. The smallest absolute Gasteiger partial charge is 0.271 e. The molecule has 1 aromatic carbocycles. The number of piperidine rings is 1. The van der Waals surface area contributed by atoms with Crippen LogP contribution in [0.3, 0.4) is 0 Å². The molecule has 1 saturated carbocycles. The molecule has 2 unspecified atom stereocenters. The van der Waals surface area contributed by atoms with Crippen molar-refractivity contribution in [1.29, 1.82) is 0 Å². The number of halogens is 1. The molecule has 2 aromatic rings. The zero-order valence-corrected chi connectivity index (χ0v) is 14.5. The number of rotatable bonds is 6. The molecule has 25 heavy (non-hydrogen) atoms. The van der Waals surface area contributed by atoms with Crippen molar-refractivity contribution in [3.05, 3.63) is 52.8 Å². The number of hydrogen-bond acceptors (Lipinski definition) is 5. The topological polar surface area (TPSA) is 78.9 Å². The van der Waals surface area contributed by atoms with E-state index in [1.54, 1.807) is 0 Å². The van der Waals surface area contributed by atoms with Crippen LogP contribution in [0.2, 0.25) is 5.02 Å². The van der Waals surface area contributed by atoms with Crippen LogP contribution in [0.1, 0.15) is 16.1 Å². The molecule has 1 aliphatic heterocycles. The Bertz CT molecular complexity index is 759. The Morgan fingerprint density at radius 2 is 2.00 bits per heavy atom. The average molecular weight is 358 g/mol. The molecule has 1 saturated heterocycles. The summed E-state index contributed by atoms with van der Waals surface area (Å²) in [5.74, 6) is 1.29. The minimum Gasteiger partial charge on any atom is -0.354 e. The molecule has 2 atom stereocenters. The molecule has 0 bridgehead atoms. The summed E-state index contributed by atoms with van der Waals surface area (Å²) in [5, 5.41) is 9.78. The summed E-state index contributed by atoms with van der Waals surface area (Å²) < 4.78 is 0. The first kappa shape index (κ1) is 16.3. The molecule has 6 nitrogen and oxygen atoms in total. The first-order chi connectivity index (χ1) is 12.2. The van der Waals surface area contributed by atoms with Crippen molar-refractivity contribution >= 4 is 23.5 Å². The molecule has 2 heterocycles. The van der Waals surface area contributed by atoms with Crippen LogP contribution in [0.15, 0.2) is 36.5 Å². The standard InChI is InChI=1S/C18H20ClN5O/c19-14-10-22-18(21-7-6-11-4-2-1-3-5-11)24-16(14)17(25)23-15-12-8-20-9-13(12)15/h1-5,10,12-13,15,20H,6-9H2,(H,23,25)(H,21,22,24). The first-order valence-electron chi connectivity index (χ1n) is 8.54. The van der Waals surface area contributed by atoms with Crippen LogP contribution in [0.4, 0.5) is 5.95 Å². The van der Waals surface area contributed by atoms with Gasteiger partial charge in [0.2, 0.25) is 5.95 Å². The summed E-state index contributed by atoms with van der Waals surface area (Å²) in [5.41, 5.74) is 1.47. The van der Waals surface area contributed by atoms with E-state index >= 15 is 0 Å². The Morgan fingerprint density at radius 3 is 2.76 bits per heavy atom. The lowest BCUT2D eigenvalue weighted by molar-refractivity contribution is 0.0941. The van der Waals surface area contributed by atoms with E-state index < -0.39 is 0 Å². The van der Waals surface area contributed by atoms with Crippen LogP contribution in [-0.2, 0) is 6.42 Å². The highest BCUT2D eigenvalue weighted by Gasteiger charge is 2.53. The Labute approximate surface area is 151 Å². The van der Waals surface area contributed by atoms with Crippen LogP contribution in [0.5, 0.6) is 0 Å². The molecule has 2 aliphatic rings. The molecular formula is C18H20ClN5O. The van der Waals surface area contributed by atoms with Gasteiger partial charge in [-0.05, 0) is 23.8 Å². The summed E-state index contributed by atoms with van der Waals surface area (Å²) in [6, 6.07) is 10.4. The minimum atomic E-state index is -0.224. The predicted molar refractivity (Wildman–Crippen MR) is 96.8 cm³/mol. The average Bonchev–Trinajstić information content (AvgIpc) is 3.05. The predicted octanol–water partition coefficient (Wildman–Crippen LogP) is 1.73. The first-order valence-corrected chi connectivity index (χ1v) is 8.92. The van der Waals surface area contributed by atoms with Gasteiger partial charge < -0.3 is 16.0 Å². The highest BCUT2D eigenvalue weighted by Crippen LogP contribution is 2.41. The van der Waals surface area contributed by atoms with E-state index in [1.807, 2.05) is 18.2 Å². The summed E-state index contributed by atoms with van der Waals surface area (Å²) in [6.07, 6.45) is 2.33. The molecule has 1 aliphatic carbocycles. The second-order valence-electron chi connectivity index (χ2n) is 6.54. The second-order valence-corrected chi connectivity index (χ2v) is 6.94. The third-order valence-electron chi connectivity index (χ3n) is 4.89. The fourth-order valence-corrected chi connectivity index (χ4v) is 3.60. The monoisotopic (exact) mass is 357 g/mol. The van der Waals surface area contributed by atoms with Gasteiger partial charge in [-0.3, -0.25) is 4.79 Å². The van der Waals surface area contributed by atoms with E-state index in [0.29, 0.717) is 24.3 Å². The van der Waals surface area contributed by atoms with Crippen LogP contribution in [0, 0.1) is 11.8 Å². The normalized spacial score (nSPS) is 23.8. The Kier molecular flexibility index (Phi) is 4.55. The van der Waals surface area contributed by atoms with Crippen molar-refractivity contribution in [2.45, 2.75) is 12.5 Å². The van der Waals surface area contributed by atoms with Crippen molar-refractivity contribution in [3.63, 3.8) is 0 Å². The van der Waals surface area contributed by atoms with Gasteiger partial charge in [-0.15, -0.1) is 0 Å². The van der Waals surface area contributed by atoms with E-state index in [2.05, 4.69) is 38.1 Å². The summed E-state index contributed by atoms with van der Waals surface area (Å²) in [4.78, 5) is 20.9. The molecule has 2 fully saturated rings. The van der Waals surface area contributed by atoms with Gasteiger partial charge in [0.1, 0.15) is 0 Å². The van der Waals surface area contributed by atoms with Crippen molar-refractivity contribution in [1.82, 2.24) is 20.6 Å². The number of nitrogens with zero attached hydrogens (tertiary/aromatic N) is 2. The van der Waals surface area contributed by atoms with Crippen LogP contribution >= 0.6 is 11.6 Å². The number of carbonyl (C=O) groups excluding carboxylic acids is 1. The molecule has 1 aromatic heterocycles. The highest BCUT2D eigenvalue weighted by atomic mass is 35.5. The van der Waals surface area contributed by atoms with Gasteiger partial charge >= 0.3 is 0 Å². The largest absolute Gasteiger partial charge is 0.354 e. The van der Waals surface area contributed by atoms with Gasteiger partial charge in [0.05, 0.1) is 11.2 Å². The molecule has 4 rings (SSSR count). The Morgan fingerprint density at radius 1 is 1.24 bits per heavy atom. The Balaban J connectivity index is 1.35. The second kappa shape index (κ2) is 6.98. The molecule has 0 spiro atoms. The lowest BCUT2D eigenvalue weighted by Crippen LogP contribution is -2.33. The molecule has 7 heteroatoms. The van der Waals surface area contributed by atoms with Crippen molar-refractivity contribution in [3.8, 4) is 0 Å². The molecule has 3 N–H and O–H groups in total. The van der Waals surface area contributed by atoms with E-state index in [9.17, 15) is 4.79 Å². The van der Waals surface area contributed by atoms with Crippen LogP contribution in [0.25, 0.3) is 0 Å². The zero-order chi connectivity index (χ0) is 17.2. The molecule has 130 valence electrons. The molecular weight excluding hydrogens is 338 g/mol. The third kappa shape index (κ3) is 3.60. The van der Waals surface area contributed by atoms with E-state index in [4.69, 9.17) is 11.6 Å². The van der Waals surface area contributed by atoms with E-state index in [-0.39, 0.29) is 22.7 Å². The van der Waals surface area contributed by atoms with Crippen LogP contribution in [-0.4, -0.2) is 41.6 Å². The van der Waals surface area contributed by atoms with Gasteiger partial charge in [-0.25, -0.2) is 9.97 Å². The summed E-state index contributed by atoms with van der Waals surface area (Å²) in [7, 11) is 0. The van der Waals surface area contributed by atoms with Gasteiger partial charge in [0.15, 0.2) is 5.69 Å². The molecule has 1 amide bonds. The van der Waals surface area contributed by atoms with Crippen molar-refractivity contribution in [2.75, 3.05) is 25.0 Å². The van der Waals surface area contributed by atoms with Gasteiger partial charge in [0.25, 0.3) is 5.91 Å². The third-order valence-corrected chi connectivity index (χ3v) is 5.16. The maximum atomic E-state index is 12.5. The fourth-order valence-electron chi connectivity index (χ4n) is 3.43. The summed E-state index contributed by atoms with van der Waals surface area (Å²) in [6.45, 7) is 2.63. The van der Waals surface area contributed by atoms with E-state index in [0.717, 1.165) is 19.5 Å². The van der Waals surface area contributed by atoms with Gasteiger partial charge in [-0.1, -0.05) is 41.9 Å². The number of carbonyl (C=O) groups is 1. The van der Waals surface area contributed by atoms with Crippen molar-refractivity contribution in [2.24, 2.45) is 11.8 Å². The lowest BCUT2D eigenvalue weighted by atomic mass is 10.1. The number of hydrogen-bond donors (Lipinski definition) is 3. The number of nitrogens with one attached hydrogen (secondary N) is 3. The SMILES string of the molecule is O=C(NC1C2CNCC21)c1nc(NCCc2ccccc2)ncc1Cl. The number of anilines is 1. The maximum absolute atomic E-state index is 12.5. The van der Waals surface area contributed by atoms with Crippen molar-refractivity contribution < 1.29 is 4.79 Å². The van der Waals surface area contributed by atoms with Gasteiger partial charge in [-0.2, -0.15) is 0 Å². The maximum Gasteiger partial charge on any atom is 0.271 e.